The molecule has 0 fully saturated rings. The Kier molecular flexibility index (Phi) is 7.36. The Labute approximate surface area is 134 Å². The van der Waals surface area contributed by atoms with Crippen molar-refractivity contribution in [2.24, 2.45) is 0 Å². The predicted octanol–water partition coefficient (Wildman–Crippen LogP) is 2.70. The molecule has 0 amide bonds. The van der Waals surface area contributed by atoms with Crippen LogP contribution in [0.3, 0.4) is 0 Å². The predicted molar refractivity (Wildman–Crippen MR) is 84.6 cm³/mol. The number of Topliss-reactive ketones (excluding diaryl/α,β-unsaturated/α-hetero) is 1. The topological polar surface area (TPSA) is 80.7 Å². The van der Waals surface area contributed by atoms with E-state index in [1.807, 2.05) is 12.1 Å². The van der Waals surface area contributed by atoms with Crippen LogP contribution in [-0.2, 0) is 14.3 Å². The maximum atomic E-state index is 11.9. The van der Waals surface area contributed by atoms with Crippen LogP contribution in [0.1, 0.15) is 35.9 Å². The fourth-order valence-corrected chi connectivity index (χ4v) is 1.75. The molecule has 23 heavy (non-hydrogen) atoms. The summed E-state index contributed by atoms with van der Waals surface area (Å²) in [7, 11) is 0. The number of hydrogen-bond donors (Lipinski definition) is 1. The molecule has 0 saturated carbocycles. The van der Waals surface area contributed by atoms with Gasteiger partial charge in [0, 0.05) is 19.4 Å². The third-order valence-electron chi connectivity index (χ3n) is 2.71. The Bertz CT molecular complexity index is 638. The number of carbonyl (C=O) groups excluding carboxylic acids is 3. The molecule has 120 valence electrons. The number of esters is 2. The van der Waals surface area contributed by atoms with E-state index >= 15 is 0 Å². The summed E-state index contributed by atoms with van der Waals surface area (Å²) in [5.41, 5.74) is 1.15. The van der Waals surface area contributed by atoms with E-state index in [0.717, 1.165) is 0 Å². The molecule has 5 nitrogen and oxygen atoms in total. The van der Waals surface area contributed by atoms with Gasteiger partial charge in [-0.2, -0.15) is 0 Å². The smallest absolute Gasteiger partial charge is 0.310 e. The van der Waals surface area contributed by atoms with Gasteiger partial charge in [-0.3, -0.25) is 14.4 Å². The molecule has 0 aliphatic rings. The lowest BCUT2D eigenvalue weighted by atomic mass is 10.0. The molecule has 0 saturated heterocycles. The number of benzene rings is 2. The van der Waals surface area contributed by atoms with Crippen molar-refractivity contribution in [1.82, 2.24) is 0 Å². The van der Waals surface area contributed by atoms with Gasteiger partial charge in [0.2, 0.25) is 0 Å². The maximum absolute atomic E-state index is 11.9. The minimum absolute atomic E-state index is 0.271. The molecule has 2 aromatic carbocycles. The van der Waals surface area contributed by atoms with Crippen LogP contribution in [0.5, 0.6) is 0 Å². The standard InChI is InChI=1S/C14H12O2.C4H6O3/c15-13(11-7-3-1-4-8-11)14(16)12-9-5-2-6-10-12;1-3(5)7-4(2)6/h1-10,13,15H;1-2H3. The molecule has 1 atom stereocenters. The van der Waals surface area contributed by atoms with Gasteiger partial charge in [-0.25, -0.2) is 0 Å². The van der Waals surface area contributed by atoms with Crippen molar-refractivity contribution in [2.75, 3.05) is 0 Å². The van der Waals surface area contributed by atoms with E-state index in [-0.39, 0.29) is 5.78 Å². The second-order valence-electron chi connectivity index (χ2n) is 4.63. The van der Waals surface area contributed by atoms with Gasteiger partial charge in [-0.05, 0) is 5.56 Å². The number of rotatable bonds is 3. The van der Waals surface area contributed by atoms with Gasteiger partial charge >= 0.3 is 11.9 Å². The van der Waals surface area contributed by atoms with Crippen molar-refractivity contribution >= 4 is 17.7 Å². The van der Waals surface area contributed by atoms with Gasteiger partial charge in [-0.1, -0.05) is 60.7 Å². The van der Waals surface area contributed by atoms with Crippen LogP contribution in [-0.4, -0.2) is 22.8 Å². The Morgan fingerprint density at radius 1 is 0.826 bits per heavy atom. The van der Waals surface area contributed by atoms with Gasteiger partial charge in [0.1, 0.15) is 6.10 Å². The van der Waals surface area contributed by atoms with E-state index in [9.17, 15) is 19.5 Å². The van der Waals surface area contributed by atoms with Gasteiger partial charge in [-0.15, -0.1) is 0 Å². The molecule has 1 unspecified atom stereocenters. The first-order chi connectivity index (χ1) is 10.9. The van der Waals surface area contributed by atoms with Crippen molar-refractivity contribution in [3.05, 3.63) is 71.8 Å². The summed E-state index contributed by atoms with van der Waals surface area (Å²) in [5, 5.41) is 9.89. The number of aliphatic hydroxyl groups is 1. The quantitative estimate of drug-likeness (QED) is 0.535. The van der Waals surface area contributed by atoms with Gasteiger partial charge in [0.05, 0.1) is 0 Å². The Hall–Kier alpha value is -2.79. The summed E-state index contributed by atoms with van der Waals surface area (Å²) in [6, 6.07) is 17.7. The largest absolute Gasteiger partial charge is 0.394 e. The maximum Gasteiger partial charge on any atom is 0.310 e. The van der Waals surface area contributed by atoms with Gasteiger partial charge in [0.25, 0.3) is 0 Å². The highest BCUT2D eigenvalue weighted by Gasteiger charge is 2.18. The molecule has 2 aromatic rings. The normalized spacial score (nSPS) is 10.7. The second-order valence-corrected chi connectivity index (χ2v) is 4.63. The van der Waals surface area contributed by atoms with Crippen molar-refractivity contribution in [3.8, 4) is 0 Å². The third-order valence-corrected chi connectivity index (χ3v) is 2.71. The number of hydrogen-bond acceptors (Lipinski definition) is 5. The molecule has 2 rings (SSSR count). The van der Waals surface area contributed by atoms with Gasteiger partial charge < -0.3 is 9.84 Å². The zero-order chi connectivity index (χ0) is 17.2. The number of ketones is 1. The fourth-order valence-electron chi connectivity index (χ4n) is 1.75. The first kappa shape index (κ1) is 18.3. The van der Waals surface area contributed by atoms with Crippen LogP contribution in [0, 0.1) is 0 Å². The van der Waals surface area contributed by atoms with Crippen molar-refractivity contribution < 1.29 is 24.2 Å². The lowest BCUT2D eigenvalue weighted by molar-refractivity contribution is -0.156. The summed E-state index contributed by atoms with van der Waals surface area (Å²) in [6.45, 7) is 2.36. The van der Waals surface area contributed by atoms with E-state index in [1.165, 1.54) is 13.8 Å². The molecule has 0 bridgehead atoms. The summed E-state index contributed by atoms with van der Waals surface area (Å²) in [5.74, 6) is -1.40. The van der Waals surface area contributed by atoms with Crippen LogP contribution >= 0.6 is 0 Å². The summed E-state index contributed by atoms with van der Waals surface area (Å²) < 4.78 is 3.97. The first-order valence-electron chi connectivity index (χ1n) is 6.93. The fraction of sp³-hybridized carbons (Fsp3) is 0.167. The molecular formula is C18H18O5. The first-order valence-corrected chi connectivity index (χ1v) is 6.93. The van der Waals surface area contributed by atoms with E-state index in [1.54, 1.807) is 48.5 Å². The number of carbonyl (C=O) groups is 3. The van der Waals surface area contributed by atoms with Crippen LogP contribution in [0.25, 0.3) is 0 Å². The third kappa shape index (κ3) is 6.67. The molecule has 5 heteroatoms. The highest BCUT2D eigenvalue weighted by molar-refractivity contribution is 5.99. The van der Waals surface area contributed by atoms with Crippen LogP contribution in [0.15, 0.2) is 60.7 Å². The highest BCUT2D eigenvalue weighted by Crippen LogP contribution is 2.17. The lowest BCUT2D eigenvalue weighted by Gasteiger charge is -2.09. The van der Waals surface area contributed by atoms with Crippen LogP contribution in [0.4, 0.5) is 0 Å². The Morgan fingerprint density at radius 3 is 1.65 bits per heavy atom. The minimum atomic E-state index is -1.08. The zero-order valence-electron chi connectivity index (χ0n) is 12.9. The van der Waals surface area contributed by atoms with Crippen molar-refractivity contribution in [3.63, 3.8) is 0 Å². The Morgan fingerprint density at radius 2 is 1.26 bits per heavy atom. The minimum Gasteiger partial charge on any atom is -0.394 e. The molecule has 0 aliphatic heterocycles. The van der Waals surface area contributed by atoms with Crippen molar-refractivity contribution in [2.45, 2.75) is 20.0 Å². The second kappa shape index (κ2) is 9.27. The molecule has 0 heterocycles. The number of aliphatic hydroxyl groups excluding tert-OH is 1. The monoisotopic (exact) mass is 314 g/mol. The van der Waals surface area contributed by atoms with E-state index in [0.29, 0.717) is 11.1 Å². The summed E-state index contributed by atoms with van der Waals surface area (Å²) in [6.07, 6.45) is -1.08. The molecular weight excluding hydrogens is 296 g/mol. The highest BCUT2D eigenvalue weighted by atomic mass is 16.6. The summed E-state index contributed by atoms with van der Waals surface area (Å²) >= 11 is 0. The van der Waals surface area contributed by atoms with Crippen molar-refractivity contribution in [1.29, 1.82) is 0 Å². The Balaban J connectivity index is 0.000000322. The molecule has 1 N–H and O–H groups in total. The summed E-state index contributed by atoms with van der Waals surface area (Å²) in [4.78, 5) is 31.5. The molecule has 0 radical (unpaired) electrons. The zero-order valence-corrected chi connectivity index (χ0v) is 12.9. The lowest BCUT2D eigenvalue weighted by Crippen LogP contribution is -2.11. The van der Waals surface area contributed by atoms with Crippen LogP contribution < -0.4 is 0 Å². The molecule has 0 aromatic heterocycles. The van der Waals surface area contributed by atoms with E-state index < -0.39 is 18.0 Å². The average molecular weight is 314 g/mol. The number of ether oxygens (including phenoxy) is 1. The SMILES string of the molecule is CC(=O)OC(C)=O.O=C(c1ccccc1)C(O)c1ccccc1. The van der Waals surface area contributed by atoms with Crippen LogP contribution in [0.2, 0.25) is 0 Å². The van der Waals surface area contributed by atoms with Gasteiger partial charge in [0.15, 0.2) is 5.78 Å². The molecule has 0 aliphatic carbocycles. The molecule has 0 spiro atoms. The average Bonchev–Trinajstić information content (AvgIpc) is 2.54. The van der Waals surface area contributed by atoms with E-state index in [4.69, 9.17) is 0 Å². The van der Waals surface area contributed by atoms with E-state index in [2.05, 4.69) is 4.74 Å².